The predicted molar refractivity (Wildman–Crippen MR) is 88.8 cm³/mol. The van der Waals surface area contributed by atoms with E-state index in [1.807, 2.05) is 13.0 Å². The Bertz CT molecular complexity index is 627. The molecule has 0 bridgehead atoms. The van der Waals surface area contributed by atoms with Crippen molar-refractivity contribution in [1.82, 2.24) is 0 Å². The molecule has 0 radical (unpaired) electrons. The highest BCUT2D eigenvalue weighted by Gasteiger charge is 2.23. The van der Waals surface area contributed by atoms with Gasteiger partial charge in [0, 0.05) is 34.4 Å². The molecular weight excluding hydrogens is 330 g/mol. The first-order chi connectivity index (χ1) is 10.0. The van der Waals surface area contributed by atoms with Crippen LogP contribution in [0.25, 0.3) is 11.1 Å². The molecule has 1 aliphatic rings. The molecule has 0 amide bonds. The summed E-state index contributed by atoms with van der Waals surface area (Å²) in [6.07, 6.45) is 2.26. The van der Waals surface area contributed by atoms with Crippen molar-refractivity contribution < 1.29 is 9.15 Å². The molecule has 3 nitrogen and oxygen atoms in total. The number of furan rings is 1. The van der Waals surface area contributed by atoms with E-state index in [1.165, 1.54) is 11.3 Å². The normalized spacial score (nSPS) is 22.6. The average Bonchev–Trinajstić information content (AvgIpc) is 2.84. The lowest BCUT2D eigenvalue weighted by Gasteiger charge is -2.37. The Labute approximate surface area is 134 Å². The van der Waals surface area contributed by atoms with E-state index < -0.39 is 0 Å². The molecular formula is C17H20BrNO2. The third kappa shape index (κ3) is 3.01. The summed E-state index contributed by atoms with van der Waals surface area (Å²) in [5, 5.41) is 0. The summed E-state index contributed by atoms with van der Waals surface area (Å²) in [6.45, 7) is 8.10. The zero-order chi connectivity index (χ0) is 15.0. The lowest BCUT2D eigenvalue weighted by molar-refractivity contribution is -0.00521. The van der Waals surface area contributed by atoms with Crippen LogP contribution in [0, 0.1) is 6.92 Å². The molecule has 0 N–H and O–H groups in total. The van der Waals surface area contributed by atoms with Gasteiger partial charge >= 0.3 is 0 Å². The van der Waals surface area contributed by atoms with E-state index in [0.29, 0.717) is 0 Å². The van der Waals surface area contributed by atoms with Crippen molar-refractivity contribution in [2.45, 2.75) is 33.0 Å². The maximum atomic E-state index is 5.82. The molecule has 3 rings (SSSR count). The Morgan fingerprint density at radius 1 is 1.10 bits per heavy atom. The van der Waals surface area contributed by atoms with Crippen LogP contribution in [0.2, 0.25) is 0 Å². The monoisotopic (exact) mass is 349 g/mol. The highest BCUT2D eigenvalue weighted by atomic mass is 79.9. The molecule has 112 valence electrons. The van der Waals surface area contributed by atoms with Crippen LogP contribution in [0.3, 0.4) is 0 Å². The highest BCUT2D eigenvalue weighted by molar-refractivity contribution is 9.10. The molecule has 2 heterocycles. The van der Waals surface area contributed by atoms with Gasteiger partial charge in [0.25, 0.3) is 0 Å². The number of morpholine rings is 1. The lowest BCUT2D eigenvalue weighted by atomic mass is 10.0. The second-order valence-electron chi connectivity index (χ2n) is 5.72. The van der Waals surface area contributed by atoms with Gasteiger partial charge < -0.3 is 14.1 Å². The van der Waals surface area contributed by atoms with Gasteiger partial charge in [-0.3, -0.25) is 0 Å². The minimum atomic E-state index is 0.261. The number of hydrogen-bond acceptors (Lipinski definition) is 3. The molecule has 0 spiro atoms. The van der Waals surface area contributed by atoms with Crippen LogP contribution in [0.1, 0.15) is 19.6 Å². The standard InChI is InChI=1S/C17H20BrNO2/c1-11-9-19(10-12(2)21-11)14-4-5-17(18)16(8-14)15-6-7-20-13(15)3/h4-8,11-12H,9-10H2,1-3H3/t11-,12?/m0/s1. The largest absolute Gasteiger partial charge is 0.469 e. The second-order valence-corrected chi connectivity index (χ2v) is 6.57. The summed E-state index contributed by atoms with van der Waals surface area (Å²) < 4.78 is 12.3. The average molecular weight is 350 g/mol. The fraction of sp³-hybridized carbons (Fsp3) is 0.412. The van der Waals surface area contributed by atoms with Crippen molar-refractivity contribution >= 4 is 21.6 Å². The van der Waals surface area contributed by atoms with Crippen molar-refractivity contribution in [1.29, 1.82) is 0 Å². The fourth-order valence-electron chi connectivity index (χ4n) is 2.97. The number of rotatable bonds is 2. The lowest BCUT2D eigenvalue weighted by Crippen LogP contribution is -2.45. The Hall–Kier alpha value is -1.26. The van der Waals surface area contributed by atoms with Crippen molar-refractivity contribution in [3.63, 3.8) is 0 Å². The molecule has 1 saturated heterocycles. The molecule has 2 atom stereocenters. The number of anilines is 1. The molecule has 1 fully saturated rings. The predicted octanol–water partition coefficient (Wildman–Crippen LogP) is 4.63. The van der Waals surface area contributed by atoms with Gasteiger partial charge in [-0.05, 0) is 45.0 Å². The Morgan fingerprint density at radius 2 is 1.81 bits per heavy atom. The summed E-state index contributed by atoms with van der Waals surface area (Å²) in [4.78, 5) is 2.39. The van der Waals surface area contributed by atoms with Gasteiger partial charge in [0.1, 0.15) is 5.76 Å². The zero-order valence-electron chi connectivity index (χ0n) is 12.6. The van der Waals surface area contributed by atoms with Crippen molar-refractivity contribution in [2.75, 3.05) is 18.0 Å². The van der Waals surface area contributed by atoms with Crippen molar-refractivity contribution in [3.05, 3.63) is 40.8 Å². The minimum absolute atomic E-state index is 0.261. The molecule has 0 saturated carbocycles. The first-order valence-corrected chi connectivity index (χ1v) is 8.08. The molecule has 1 aliphatic heterocycles. The molecule has 1 aromatic heterocycles. The number of benzene rings is 1. The number of nitrogens with zero attached hydrogens (tertiary/aromatic N) is 1. The van der Waals surface area contributed by atoms with Crippen LogP contribution in [-0.2, 0) is 4.74 Å². The smallest absolute Gasteiger partial charge is 0.108 e. The Morgan fingerprint density at radius 3 is 2.43 bits per heavy atom. The highest BCUT2D eigenvalue weighted by Crippen LogP contribution is 2.35. The Balaban J connectivity index is 1.96. The van der Waals surface area contributed by atoms with Gasteiger partial charge in [-0.1, -0.05) is 15.9 Å². The number of hydrogen-bond donors (Lipinski definition) is 0. The van der Waals surface area contributed by atoms with Crippen LogP contribution in [0.4, 0.5) is 5.69 Å². The topological polar surface area (TPSA) is 25.6 Å². The minimum Gasteiger partial charge on any atom is -0.469 e. The number of halogens is 1. The van der Waals surface area contributed by atoms with E-state index in [1.54, 1.807) is 6.26 Å². The van der Waals surface area contributed by atoms with Gasteiger partial charge in [-0.2, -0.15) is 0 Å². The summed E-state index contributed by atoms with van der Waals surface area (Å²) in [6, 6.07) is 8.52. The van der Waals surface area contributed by atoms with Gasteiger partial charge in [0.15, 0.2) is 0 Å². The van der Waals surface area contributed by atoms with Gasteiger partial charge in [0.05, 0.1) is 18.5 Å². The molecule has 0 aliphatic carbocycles. The number of aryl methyl sites for hydroxylation is 1. The van der Waals surface area contributed by atoms with Crippen LogP contribution in [-0.4, -0.2) is 25.3 Å². The Kier molecular flexibility index (Phi) is 4.09. The first kappa shape index (κ1) is 14.7. The zero-order valence-corrected chi connectivity index (χ0v) is 14.2. The molecule has 1 unspecified atom stereocenters. The summed E-state index contributed by atoms with van der Waals surface area (Å²) in [7, 11) is 0. The van der Waals surface area contributed by atoms with Gasteiger partial charge in [-0.25, -0.2) is 0 Å². The van der Waals surface area contributed by atoms with Crippen LogP contribution < -0.4 is 4.90 Å². The third-order valence-electron chi connectivity index (χ3n) is 3.88. The first-order valence-electron chi connectivity index (χ1n) is 7.29. The maximum Gasteiger partial charge on any atom is 0.108 e. The number of ether oxygens (including phenoxy) is 1. The van der Waals surface area contributed by atoms with E-state index in [-0.39, 0.29) is 12.2 Å². The van der Waals surface area contributed by atoms with Crippen LogP contribution in [0.15, 0.2) is 39.4 Å². The summed E-state index contributed by atoms with van der Waals surface area (Å²) in [5.74, 6) is 0.941. The quantitative estimate of drug-likeness (QED) is 0.790. The second kappa shape index (κ2) is 5.85. The van der Waals surface area contributed by atoms with E-state index in [0.717, 1.165) is 28.9 Å². The fourth-order valence-corrected chi connectivity index (χ4v) is 3.43. The van der Waals surface area contributed by atoms with Gasteiger partial charge in [-0.15, -0.1) is 0 Å². The van der Waals surface area contributed by atoms with Crippen molar-refractivity contribution in [3.8, 4) is 11.1 Å². The molecule has 2 aromatic rings. The molecule has 1 aromatic carbocycles. The van der Waals surface area contributed by atoms with E-state index >= 15 is 0 Å². The maximum absolute atomic E-state index is 5.82. The summed E-state index contributed by atoms with van der Waals surface area (Å²) in [5.41, 5.74) is 3.54. The molecule has 21 heavy (non-hydrogen) atoms. The van der Waals surface area contributed by atoms with E-state index in [4.69, 9.17) is 9.15 Å². The van der Waals surface area contributed by atoms with E-state index in [9.17, 15) is 0 Å². The van der Waals surface area contributed by atoms with Gasteiger partial charge in [0.2, 0.25) is 0 Å². The van der Waals surface area contributed by atoms with E-state index in [2.05, 4.69) is 52.9 Å². The third-order valence-corrected chi connectivity index (χ3v) is 4.58. The van der Waals surface area contributed by atoms with Crippen LogP contribution in [0.5, 0.6) is 0 Å². The van der Waals surface area contributed by atoms with Crippen LogP contribution >= 0.6 is 15.9 Å². The van der Waals surface area contributed by atoms with Crippen molar-refractivity contribution in [2.24, 2.45) is 0 Å². The molecule has 4 heteroatoms. The SMILES string of the molecule is Cc1occc1-c1cc(N2CC(C)O[C@@H](C)C2)ccc1Br. The summed E-state index contributed by atoms with van der Waals surface area (Å²) >= 11 is 3.65.